The lowest BCUT2D eigenvalue weighted by molar-refractivity contribution is -0.165. The molecule has 58 valence electrons. The predicted octanol–water partition coefficient (Wildman–Crippen LogP) is -0.645. The third-order valence-corrected chi connectivity index (χ3v) is 0.791. The summed E-state index contributed by atoms with van der Waals surface area (Å²) >= 11 is 0. The van der Waals surface area contributed by atoms with Crippen molar-refractivity contribution in [1.29, 1.82) is 0 Å². The van der Waals surface area contributed by atoms with E-state index in [4.69, 9.17) is 0 Å². The Morgan fingerprint density at radius 3 is 2.30 bits per heavy atom. The van der Waals surface area contributed by atoms with E-state index >= 15 is 0 Å². The molecule has 0 aliphatic rings. The fourth-order valence-corrected chi connectivity index (χ4v) is 0.393. The Morgan fingerprint density at radius 2 is 2.00 bits per heavy atom. The average Bonchev–Trinajstić information content (AvgIpc) is 1.85. The Morgan fingerprint density at radius 1 is 1.50 bits per heavy atom. The van der Waals surface area contributed by atoms with Gasteiger partial charge in [-0.15, -0.1) is 0 Å². The first-order chi connectivity index (χ1) is 4.57. The van der Waals surface area contributed by atoms with Gasteiger partial charge in [0.25, 0.3) is 0 Å². The minimum atomic E-state index is -0.928. The Labute approximate surface area is 58.0 Å². The summed E-state index contributed by atoms with van der Waals surface area (Å²) in [6.45, 7) is 2.57. The van der Waals surface area contributed by atoms with Gasteiger partial charge in [-0.05, 0) is 6.92 Å². The van der Waals surface area contributed by atoms with Crippen LogP contribution in [0, 0.1) is 0 Å². The van der Waals surface area contributed by atoms with E-state index in [0.29, 0.717) is 0 Å². The second-order valence-electron chi connectivity index (χ2n) is 1.69. The summed E-state index contributed by atoms with van der Waals surface area (Å²) in [4.78, 5) is 24.4. The zero-order chi connectivity index (χ0) is 8.15. The highest BCUT2D eigenvalue weighted by molar-refractivity contribution is 5.77. The summed E-state index contributed by atoms with van der Waals surface area (Å²) < 4.78 is 4.41. The van der Waals surface area contributed by atoms with Crippen LogP contribution in [-0.4, -0.2) is 18.0 Å². The van der Waals surface area contributed by atoms with Crippen LogP contribution in [0.25, 0.3) is 0 Å². The van der Waals surface area contributed by atoms with Crippen molar-refractivity contribution >= 4 is 11.9 Å². The number of nitrogens with two attached hydrogens (primary N) is 1. The minimum absolute atomic E-state index is 0.544. The highest BCUT2D eigenvalue weighted by Crippen LogP contribution is 1.91. The van der Waals surface area contributed by atoms with Gasteiger partial charge in [0.1, 0.15) is 0 Å². The monoisotopic (exact) mass is 147 g/mol. The molecule has 0 heterocycles. The number of esters is 1. The van der Waals surface area contributed by atoms with Crippen LogP contribution in [0.2, 0.25) is 0 Å². The van der Waals surface area contributed by atoms with E-state index in [9.17, 15) is 9.59 Å². The van der Waals surface area contributed by atoms with Crippen LogP contribution in [0.4, 0.5) is 0 Å². The smallest absolute Gasteiger partial charge is 0.365 e. The average molecular weight is 147 g/mol. The molecule has 5 nitrogen and oxygen atoms in total. The van der Waals surface area contributed by atoms with Gasteiger partial charge in [-0.25, -0.2) is 4.79 Å². The first-order valence-electron chi connectivity index (χ1n) is 2.65. The van der Waals surface area contributed by atoms with E-state index < -0.39 is 18.0 Å². The highest BCUT2D eigenvalue weighted by atomic mass is 16.7. The summed E-state index contributed by atoms with van der Waals surface area (Å²) in [5.74, 6) is 3.20. The maximum absolute atomic E-state index is 10.4. The molecule has 5 heteroatoms. The second kappa shape index (κ2) is 3.84. The number of carbonyl (C=O) groups excluding carboxylic acids is 2. The van der Waals surface area contributed by atoms with Crippen molar-refractivity contribution in [2.75, 3.05) is 0 Å². The van der Waals surface area contributed by atoms with Crippen LogP contribution in [0.1, 0.15) is 13.8 Å². The molecule has 2 N–H and O–H groups in total. The second-order valence-corrected chi connectivity index (χ2v) is 1.69. The van der Waals surface area contributed by atoms with E-state index in [1.54, 1.807) is 0 Å². The fraction of sp³-hybridized carbons (Fsp3) is 0.600. The molecule has 1 atom stereocenters. The van der Waals surface area contributed by atoms with Gasteiger partial charge >= 0.3 is 11.9 Å². The van der Waals surface area contributed by atoms with Gasteiger partial charge in [-0.2, -0.15) is 5.90 Å². The quantitative estimate of drug-likeness (QED) is 0.415. The Balaban J connectivity index is 3.72. The minimum Gasteiger partial charge on any atom is -0.451 e. The van der Waals surface area contributed by atoms with Crippen molar-refractivity contribution in [2.24, 2.45) is 5.90 Å². The summed E-state index contributed by atoms with van der Waals surface area (Å²) in [5.41, 5.74) is 0. The first-order valence-corrected chi connectivity index (χ1v) is 2.65. The molecule has 0 aromatic carbocycles. The first kappa shape index (κ1) is 8.90. The summed E-state index contributed by atoms with van der Waals surface area (Å²) in [7, 11) is 0. The molecule has 10 heavy (non-hydrogen) atoms. The van der Waals surface area contributed by atoms with Crippen LogP contribution in [0.5, 0.6) is 0 Å². The van der Waals surface area contributed by atoms with Crippen molar-refractivity contribution in [3.8, 4) is 0 Å². The van der Waals surface area contributed by atoms with Gasteiger partial charge in [-0.1, -0.05) is 0 Å². The molecular weight excluding hydrogens is 138 g/mol. The Hall–Kier alpha value is -1.10. The molecule has 0 radical (unpaired) electrons. The van der Waals surface area contributed by atoms with E-state index in [0.717, 1.165) is 0 Å². The number of hydrogen-bond acceptors (Lipinski definition) is 5. The summed E-state index contributed by atoms with van der Waals surface area (Å²) in [6.07, 6.45) is -0.928. The molecule has 0 rings (SSSR count). The van der Waals surface area contributed by atoms with Crippen molar-refractivity contribution < 1.29 is 19.2 Å². The summed E-state index contributed by atoms with van der Waals surface area (Å²) in [6, 6.07) is 0. The zero-order valence-corrected chi connectivity index (χ0v) is 5.79. The maximum atomic E-state index is 10.4. The third kappa shape index (κ3) is 3.03. The van der Waals surface area contributed by atoms with Crippen LogP contribution in [0.3, 0.4) is 0 Å². The summed E-state index contributed by atoms with van der Waals surface area (Å²) in [5, 5.41) is 0. The SMILES string of the molecule is CC(=O)OC(C)C(=O)ON. The lowest BCUT2D eigenvalue weighted by atomic mass is 10.4. The van der Waals surface area contributed by atoms with Crippen LogP contribution >= 0.6 is 0 Å². The molecule has 1 unspecified atom stereocenters. The van der Waals surface area contributed by atoms with E-state index in [1.165, 1.54) is 13.8 Å². The maximum Gasteiger partial charge on any atom is 0.365 e. The van der Waals surface area contributed by atoms with Crippen LogP contribution in [-0.2, 0) is 19.2 Å². The molecule has 0 spiro atoms. The van der Waals surface area contributed by atoms with Crippen molar-refractivity contribution in [2.45, 2.75) is 20.0 Å². The third-order valence-electron chi connectivity index (χ3n) is 0.791. The van der Waals surface area contributed by atoms with Crippen LogP contribution < -0.4 is 5.90 Å². The number of rotatable bonds is 2. The topological polar surface area (TPSA) is 78.6 Å². The number of ether oxygens (including phenoxy) is 1. The van der Waals surface area contributed by atoms with E-state index in [2.05, 4.69) is 15.5 Å². The molecule has 0 amide bonds. The standard InChI is InChI=1S/C5H9NO4/c1-3(5(8)10-6)9-4(2)7/h3H,6H2,1-2H3. The largest absolute Gasteiger partial charge is 0.451 e. The van der Waals surface area contributed by atoms with Gasteiger partial charge in [-0.3, -0.25) is 4.79 Å². The lowest BCUT2D eigenvalue weighted by Crippen LogP contribution is -2.27. The molecule has 0 aromatic heterocycles. The van der Waals surface area contributed by atoms with Crippen molar-refractivity contribution in [1.82, 2.24) is 0 Å². The predicted molar refractivity (Wildman–Crippen MR) is 31.5 cm³/mol. The van der Waals surface area contributed by atoms with Crippen molar-refractivity contribution in [3.05, 3.63) is 0 Å². The van der Waals surface area contributed by atoms with E-state index in [-0.39, 0.29) is 0 Å². The molecule has 0 aromatic rings. The lowest BCUT2D eigenvalue weighted by Gasteiger charge is -2.06. The fourth-order valence-electron chi connectivity index (χ4n) is 0.393. The molecule has 0 aliphatic heterocycles. The normalized spacial score (nSPS) is 11.9. The number of carbonyl (C=O) groups is 2. The van der Waals surface area contributed by atoms with E-state index in [1.807, 2.05) is 0 Å². The molecule has 0 fully saturated rings. The van der Waals surface area contributed by atoms with Gasteiger partial charge < -0.3 is 9.57 Å². The van der Waals surface area contributed by atoms with Gasteiger partial charge in [0, 0.05) is 6.92 Å². The molecule has 0 saturated heterocycles. The molecule has 0 saturated carbocycles. The Kier molecular flexibility index (Phi) is 3.42. The number of hydrogen-bond donors (Lipinski definition) is 1. The van der Waals surface area contributed by atoms with Gasteiger partial charge in [0.15, 0.2) is 6.10 Å². The molecular formula is C5H9NO4. The highest BCUT2D eigenvalue weighted by Gasteiger charge is 2.15. The van der Waals surface area contributed by atoms with Crippen molar-refractivity contribution in [3.63, 3.8) is 0 Å². The molecule has 0 bridgehead atoms. The molecule has 0 aliphatic carbocycles. The van der Waals surface area contributed by atoms with Gasteiger partial charge in [0.05, 0.1) is 0 Å². The van der Waals surface area contributed by atoms with Crippen LogP contribution in [0.15, 0.2) is 0 Å². The zero-order valence-electron chi connectivity index (χ0n) is 5.79. The van der Waals surface area contributed by atoms with Gasteiger partial charge in [0.2, 0.25) is 0 Å². The Bertz CT molecular complexity index is 145.